The average molecular weight is 448 g/mol. The van der Waals surface area contributed by atoms with Crippen molar-refractivity contribution in [2.75, 3.05) is 52.5 Å². The lowest BCUT2D eigenvalue weighted by Crippen LogP contribution is -2.37. The molecule has 6 nitrogen and oxygen atoms in total. The van der Waals surface area contributed by atoms with Crippen molar-refractivity contribution in [3.8, 4) is 0 Å². The first-order chi connectivity index (χ1) is 11.3. The van der Waals surface area contributed by atoms with Gasteiger partial charge in [-0.1, -0.05) is 30.3 Å². The first kappa shape index (κ1) is 21.1. The number of morpholine rings is 1. The number of aliphatic imine (C=N–C) groups is 1. The number of halogens is 1. The highest BCUT2D eigenvalue weighted by atomic mass is 127. The minimum Gasteiger partial charge on any atom is -0.379 e. The molecule has 1 heterocycles. The van der Waals surface area contributed by atoms with Gasteiger partial charge in [-0.2, -0.15) is 0 Å². The molecule has 0 saturated carbocycles. The third-order valence-corrected chi connectivity index (χ3v) is 3.68. The molecule has 0 atom stereocenters. The third kappa shape index (κ3) is 9.41. The van der Waals surface area contributed by atoms with Gasteiger partial charge in [-0.15, -0.1) is 24.0 Å². The van der Waals surface area contributed by atoms with Crippen LogP contribution in [0.1, 0.15) is 12.0 Å². The summed E-state index contributed by atoms with van der Waals surface area (Å²) in [7, 11) is 0. The van der Waals surface area contributed by atoms with E-state index < -0.39 is 0 Å². The van der Waals surface area contributed by atoms with Gasteiger partial charge in [0.25, 0.3) is 0 Å². The Morgan fingerprint density at radius 3 is 2.75 bits per heavy atom. The summed E-state index contributed by atoms with van der Waals surface area (Å²) in [6.45, 7) is 7.45. The second-order valence-corrected chi connectivity index (χ2v) is 5.54. The van der Waals surface area contributed by atoms with Crippen LogP contribution in [-0.4, -0.2) is 63.4 Å². The van der Waals surface area contributed by atoms with E-state index in [1.165, 1.54) is 5.56 Å². The molecule has 24 heavy (non-hydrogen) atoms. The maximum absolute atomic E-state index is 5.84. The van der Waals surface area contributed by atoms with Crippen molar-refractivity contribution < 1.29 is 9.47 Å². The molecule has 0 bridgehead atoms. The van der Waals surface area contributed by atoms with E-state index >= 15 is 0 Å². The normalized spacial score (nSPS) is 15.8. The van der Waals surface area contributed by atoms with Gasteiger partial charge in [-0.05, 0) is 12.0 Å². The molecule has 0 aromatic heterocycles. The van der Waals surface area contributed by atoms with Crippen LogP contribution in [0.15, 0.2) is 35.3 Å². The summed E-state index contributed by atoms with van der Waals surface area (Å²) < 4.78 is 10.9. The van der Waals surface area contributed by atoms with Gasteiger partial charge in [-0.25, -0.2) is 0 Å². The number of guanidine groups is 1. The van der Waals surface area contributed by atoms with Crippen molar-refractivity contribution >= 4 is 29.9 Å². The van der Waals surface area contributed by atoms with E-state index in [2.05, 4.69) is 27.3 Å². The molecule has 0 amide bonds. The van der Waals surface area contributed by atoms with E-state index in [-0.39, 0.29) is 24.0 Å². The quantitative estimate of drug-likeness (QED) is 0.259. The van der Waals surface area contributed by atoms with Crippen molar-refractivity contribution in [2.24, 2.45) is 10.7 Å². The van der Waals surface area contributed by atoms with Gasteiger partial charge in [0.15, 0.2) is 5.96 Å². The van der Waals surface area contributed by atoms with E-state index in [0.29, 0.717) is 25.7 Å². The van der Waals surface area contributed by atoms with Gasteiger partial charge >= 0.3 is 0 Å². The molecule has 7 heteroatoms. The van der Waals surface area contributed by atoms with Crippen LogP contribution in [0.25, 0.3) is 0 Å². The fourth-order valence-corrected chi connectivity index (χ4v) is 2.39. The zero-order valence-corrected chi connectivity index (χ0v) is 16.5. The van der Waals surface area contributed by atoms with Gasteiger partial charge < -0.3 is 20.5 Å². The number of nitrogens with zero attached hydrogens (tertiary/aromatic N) is 2. The molecule has 1 saturated heterocycles. The summed E-state index contributed by atoms with van der Waals surface area (Å²) >= 11 is 0. The molecule has 1 aliphatic rings. The smallest absolute Gasteiger partial charge is 0.188 e. The number of nitrogens with two attached hydrogens (primary N) is 1. The van der Waals surface area contributed by atoms with Crippen LogP contribution < -0.4 is 11.1 Å². The molecule has 136 valence electrons. The van der Waals surface area contributed by atoms with E-state index in [9.17, 15) is 0 Å². The molecule has 1 aliphatic heterocycles. The zero-order valence-electron chi connectivity index (χ0n) is 14.2. The number of rotatable bonds is 9. The number of ether oxygens (including phenoxy) is 2. The molecule has 1 fully saturated rings. The highest BCUT2D eigenvalue weighted by Gasteiger charge is 2.08. The molecule has 0 aliphatic carbocycles. The second kappa shape index (κ2) is 13.4. The molecule has 0 radical (unpaired) electrons. The number of benzene rings is 1. The highest BCUT2D eigenvalue weighted by molar-refractivity contribution is 14.0. The fraction of sp³-hybridized carbons (Fsp3) is 0.588. The SMILES string of the molecule is I.NC(=NCCCN1CCOCC1)NCCOCc1ccccc1. The predicted octanol–water partition coefficient (Wildman–Crippen LogP) is 1.45. The molecule has 1 aromatic rings. The van der Waals surface area contributed by atoms with Crippen LogP contribution in [0.5, 0.6) is 0 Å². The largest absolute Gasteiger partial charge is 0.379 e. The summed E-state index contributed by atoms with van der Waals surface area (Å²) in [4.78, 5) is 6.74. The van der Waals surface area contributed by atoms with E-state index in [4.69, 9.17) is 15.2 Å². The lowest BCUT2D eigenvalue weighted by Gasteiger charge is -2.26. The first-order valence-corrected chi connectivity index (χ1v) is 8.30. The Morgan fingerprint density at radius 2 is 2.00 bits per heavy atom. The monoisotopic (exact) mass is 448 g/mol. The number of hydrogen-bond donors (Lipinski definition) is 2. The van der Waals surface area contributed by atoms with Gasteiger partial charge in [0.2, 0.25) is 0 Å². The summed E-state index contributed by atoms with van der Waals surface area (Å²) in [6.07, 6.45) is 1.02. The molecule has 2 rings (SSSR count). The minimum atomic E-state index is 0. The Bertz CT molecular complexity index is 453. The van der Waals surface area contributed by atoms with Gasteiger partial charge in [-0.3, -0.25) is 9.89 Å². The number of hydrogen-bond acceptors (Lipinski definition) is 4. The molecular formula is C17H29IN4O2. The second-order valence-electron chi connectivity index (χ2n) is 5.54. The number of nitrogens with one attached hydrogen (secondary N) is 1. The van der Waals surface area contributed by atoms with Crippen molar-refractivity contribution in [1.82, 2.24) is 10.2 Å². The van der Waals surface area contributed by atoms with Crippen LogP contribution in [0, 0.1) is 0 Å². The van der Waals surface area contributed by atoms with Crippen LogP contribution >= 0.6 is 24.0 Å². The third-order valence-electron chi connectivity index (χ3n) is 3.68. The molecule has 1 aromatic carbocycles. The van der Waals surface area contributed by atoms with Crippen molar-refractivity contribution in [1.29, 1.82) is 0 Å². The Morgan fingerprint density at radius 1 is 1.25 bits per heavy atom. The van der Waals surface area contributed by atoms with Gasteiger partial charge in [0, 0.05) is 32.7 Å². The van der Waals surface area contributed by atoms with Crippen molar-refractivity contribution in [3.63, 3.8) is 0 Å². The van der Waals surface area contributed by atoms with Crippen LogP contribution in [-0.2, 0) is 16.1 Å². The van der Waals surface area contributed by atoms with E-state index in [1.54, 1.807) is 0 Å². The van der Waals surface area contributed by atoms with Crippen LogP contribution in [0.3, 0.4) is 0 Å². The lowest BCUT2D eigenvalue weighted by molar-refractivity contribution is 0.0377. The van der Waals surface area contributed by atoms with E-state index in [0.717, 1.165) is 45.8 Å². The van der Waals surface area contributed by atoms with Crippen molar-refractivity contribution in [3.05, 3.63) is 35.9 Å². The Hall–Kier alpha value is -0.900. The maximum atomic E-state index is 5.84. The summed E-state index contributed by atoms with van der Waals surface area (Å²) in [5.74, 6) is 0.496. The molecular weight excluding hydrogens is 419 g/mol. The van der Waals surface area contributed by atoms with Gasteiger partial charge in [0.05, 0.1) is 26.4 Å². The molecule has 0 unspecified atom stereocenters. The Balaban J connectivity index is 0.00000288. The average Bonchev–Trinajstić information content (AvgIpc) is 2.60. The molecule has 0 spiro atoms. The molecule has 3 N–H and O–H groups in total. The van der Waals surface area contributed by atoms with Crippen LogP contribution in [0.4, 0.5) is 0 Å². The van der Waals surface area contributed by atoms with Gasteiger partial charge in [0.1, 0.15) is 0 Å². The zero-order chi connectivity index (χ0) is 16.2. The minimum absolute atomic E-state index is 0. The summed E-state index contributed by atoms with van der Waals surface area (Å²) in [6, 6.07) is 10.1. The Labute approximate surface area is 161 Å². The van der Waals surface area contributed by atoms with Crippen molar-refractivity contribution in [2.45, 2.75) is 13.0 Å². The standard InChI is InChI=1S/C17H28N4O2.HI/c18-17(19-7-4-9-21-10-13-22-14-11-21)20-8-12-23-15-16-5-2-1-3-6-16;/h1-3,5-6H,4,7-15H2,(H3,18,19,20);1H. The Kier molecular flexibility index (Phi) is 11.8. The summed E-state index contributed by atoms with van der Waals surface area (Å²) in [5.41, 5.74) is 7.01. The maximum Gasteiger partial charge on any atom is 0.188 e. The topological polar surface area (TPSA) is 72.1 Å². The fourth-order valence-electron chi connectivity index (χ4n) is 2.39. The lowest BCUT2D eigenvalue weighted by atomic mass is 10.2. The highest BCUT2D eigenvalue weighted by Crippen LogP contribution is 2.00. The van der Waals surface area contributed by atoms with Crippen LogP contribution in [0.2, 0.25) is 0 Å². The first-order valence-electron chi connectivity index (χ1n) is 8.30. The van der Waals surface area contributed by atoms with E-state index in [1.807, 2.05) is 18.2 Å². The predicted molar refractivity (Wildman–Crippen MR) is 108 cm³/mol. The summed E-state index contributed by atoms with van der Waals surface area (Å²) in [5, 5.41) is 3.08.